The summed E-state index contributed by atoms with van der Waals surface area (Å²) in [4.78, 5) is 39.9. The number of rotatable bonds is 9. The number of pyridine rings is 1. The Morgan fingerprint density at radius 2 is 1.70 bits per heavy atom. The van der Waals surface area contributed by atoms with Gasteiger partial charge in [0.25, 0.3) is 0 Å². The molecule has 1 aromatic carbocycles. The molecule has 0 spiro atoms. The number of carbonyl (C=O) groups excluding carboxylic acids is 3. The summed E-state index contributed by atoms with van der Waals surface area (Å²) < 4.78 is 5.13. The topological polar surface area (TPSA) is 88.6 Å². The minimum Gasteiger partial charge on any atom is -0.381 e. The zero-order valence-corrected chi connectivity index (χ0v) is 23.3. The monoisotopic (exact) mass is 509 g/mol. The van der Waals surface area contributed by atoms with Gasteiger partial charge in [-0.3, -0.25) is 14.4 Å². The van der Waals surface area contributed by atoms with E-state index in [1.807, 2.05) is 44.2 Å². The van der Waals surface area contributed by atoms with Crippen LogP contribution in [0.2, 0.25) is 0 Å². The molecular formula is C30H43N3O4. The van der Waals surface area contributed by atoms with E-state index < -0.39 is 0 Å². The van der Waals surface area contributed by atoms with Crippen molar-refractivity contribution in [3.8, 4) is 0 Å². The van der Waals surface area contributed by atoms with E-state index in [-0.39, 0.29) is 23.5 Å². The van der Waals surface area contributed by atoms with Crippen molar-refractivity contribution in [3.05, 3.63) is 71.4 Å². The van der Waals surface area contributed by atoms with Crippen LogP contribution in [-0.2, 0) is 9.53 Å². The maximum atomic E-state index is 11.4. The van der Waals surface area contributed by atoms with Crippen LogP contribution in [-0.4, -0.2) is 54.8 Å². The average Bonchev–Trinajstić information content (AvgIpc) is 3.33. The molecule has 37 heavy (non-hydrogen) atoms. The molecule has 1 fully saturated rings. The molecule has 3 rings (SSSR count). The largest absolute Gasteiger partial charge is 0.381 e. The fourth-order valence-corrected chi connectivity index (χ4v) is 3.61. The molecule has 2 heterocycles. The van der Waals surface area contributed by atoms with Crippen LogP contribution in [0.15, 0.2) is 49.2 Å². The fraction of sp³-hybridized carbons (Fsp3) is 0.467. The third-order valence-corrected chi connectivity index (χ3v) is 5.67. The smallest absolute Gasteiger partial charge is 0.243 e. The van der Waals surface area contributed by atoms with Crippen LogP contribution in [0.4, 0.5) is 5.82 Å². The second kappa shape index (κ2) is 17.2. The highest BCUT2D eigenvalue weighted by molar-refractivity contribution is 5.95. The van der Waals surface area contributed by atoms with Crippen LogP contribution in [0.1, 0.15) is 78.8 Å². The number of ether oxygens (including phenoxy) is 1. The summed E-state index contributed by atoms with van der Waals surface area (Å²) in [6, 6.07) is 9.62. The van der Waals surface area contributed by atoms with E-state index >= 15 is 0 Å². The standard InChI is InChI=1S/C15H19N3O2.C9H10O.C6H14O/c1-4-15(20)17-12-5-6-18(9-12)14-7-10(2)13(8-16-14)11(3)19;1-7-3-5-9(6-4-7)8(2)10;1-3-5-7-6-4-2/h4,7-8,12H,1,5-6,9H2,2-3H3,(H,17,20);3-6H,1-2H3;3-6H2,1-2H3/t12-;;/m0../s1. The Labute approximate surface area is 222 Å². The predicted octanol–water partition coefficient (Wildman–Crippen LogP) is 5.49. The van der Waals surface area contributed by atoms with Gasteiger partial charge in [0, 0.05) is 49.7 Å². The Morgan fingerprint density at radius 1 is 1.08 bits per heavy atom. The summed E-state index contributed by atoms with van der Waals surface area (Å²) in [5, 5.41) is 2.89. The van der Waals surface area contributed by atoms with E-state index in [1.165, 1.54) is 11.6 Å². The lowest BCUT2D eigenvalue weighted by Gasteiger charge is -2.18. The predicted molar refractivity (Wildman–Crippen MR) is 151 cm³/mol. The van der Waals surface area contributed by atoms with Gasteiger partial charge >= 0.3 is 0 Å². The summed E-state index contributed by atoms with van der Waals surface area (Å²) in [6.07, 6.45) is 6.07. The van der Waals surface area contributed by atoms with E-state index in [2.05, 4.69) is 35.6 Å². The van der Waals surface area contributed by atoms with Crippen molar-refractivity contribution in [2.75, 3.05) is 31.2 Å². The summed E-state index contributed by atoms with van der Waals surface area (Å²) in [5.41, 5.74) is 3.56. The number of nitrogens with zero attached hydrogens (tertiary/aromatic N) is 2. The number of hydrogen-bond acceptors (Lipinski definition) is 6. The molecule has 0 aliphatic carbocycles. The molecule has 7 heteroatoms. The van der Waals surface area contributed by atoms with E-state index in [4.69, 9.17) is 4.74 Å². The van der Waals surface area contributed by atoms with Crippen LogP contribution < -0.4 is 10.2 Å². The second-order valence-corrected chi connectivity index (χ2v) is 9.09. The Morgan fingerprint density at radius 3 is 2.19 bits per heavy atom. The van der Waals surface area contributed by atoms with Gasteiger partial charge in [0.1, 0.15) is 5.82 Å². The van der Waals surface area contributed by atoms with Crippen molar-refractivity contribution in [1.29, 1.82) is 0 Å². The molecule has 1 aliphatic heterocycles. The fourth-order valence-electron chi connectivity index (χ4n) is 3.61. The van der Waals surface area contributed by atoms with Crippen LogP contribution in [0.25, 0.3) is 0 Å². The third kappa shape index (κ3) is 12.0. The van der Waals surface area contributed by atoms with Gasteiger partial charge in [0.2, 0.25) is 5.91 Å². The van der Waals surface area contributed by atoms with Gasteiger partial charge in [-0.2, -0.15) is 0 Å². The Kier molecular flexibility index (Phi) is 14.7. The molecule has 202 valence electrons. The molecule has 0 radical (unpaired) electrons. The number of amides is 1. The Bertz CT molecular complexity index is 1010. The van der Waals surface area contributed by atoms with Crippen molar-refractivity contribution in [2.24, 2.45) is 0 Å². The van der Waals surface area contributed by atoms with Crippen molar-refractivity contribution >= 4 is 23.3 Å². The summed E-state index contributed by atoms with van der Waals surface area (Å²) >= 11 is 0. The van der Waals surface area contributed by atoms with Crippen LogP contribution in [0.5, 0.6) is 0 Å². The van der Waals surface area contributed by atoms with Crippen molar-refractivity contribution in [2.45, 2.75) is 66.8 Å². The number of nitrogens with one attached hydrogen (secondary N) is 1. The maximum Gasteiger partial charge on any atom is 0.243 e. The molecule has 1 saturated heterocycles. The van der Waals surface area contributed by atoms with Gasteiger partial charge in [-0.15, -0.1) is 0 Å². The molecule has 1 aromatic heterocycles. The second-order valence-electron chi connectivity index (χ2n) is 9.09. The van der Waals surface area contributed by atoms with Crippen LogP contribution in [0.3, 0.4) is 0 Å². The lowest BCUT2D eigenvalue weighted by molar-refractivity contribution is -0.117. The summed E-state index contributed by atoms with van der Waals surface area (Å²) in [6.45, 7) is 18.1. The number of anilines is 1. The Balaban J connectivity index is 0.000000334. The molecule has 0 saturated carbocycles. The number of hydrogen-bond donors (Lipinski definition) is 1. The van der Waals surface area contributed by atoms with Gasteiger partial charge in [0.15, 0.2) is 11.6 Å². The first-order chi connectivity index (χ1) is 17.6. The highest BCUT2D eigenvalue weighted by atomic mass is 16.5. The van der Waals surface area contributed by atoms with E-state index in [0.29, 0.717) is 5.56 Å². The Hall–Kier alpha value is -3.32. The van der Waals surface area contributed by atoms with Gasteiger partial charge in [0.05, 0.1) is 0 Å². The lowest BCUT2D eigenvalue weighted by Crippen LogP contribution is -2.36. The van der Waals surface area contributed by atoms with Crippen LogP contribution in [0, 0.1) is 13.8 Å². The first kappa shape index (κ1) is 31.7. The number of Topliss-reactive ketones (excluding diaryl/α,β-unsaturated/α-hetero) is 2. The molecule has 1 amide bonds. The zero-order chi connectivity index (χ0) is 27.8. The van der Waals surface area contributed by atoms with Crippen molar-refractivity contribution in [3.63, 3.8) is 0 Å². The van der Waals surface area contributed by atoms with Gasteiger partial charge in [-0.25, -0.2) is 4.98 Å². The van der Waals surface area contributed by atoms with Crippen LogP contribution >= 0.6 is 0 Å². The third-order valence-electron chi connectivity index (χ3n) is 5.67. The lowest BCUT2D eigenvalue weighted by atomic mass is 10.1. The number of ketones is 2. The zero-order valence-electron chi connectivity index (χ0n) is 23.3. The average molecular weight is 510 g/mol. The molecule has 1 atom stereocenters. The normalized spacial score (nSPS) is 14.0. The molecule has 7 nitrogen and oxygen atoms in total. The first-order valence-corrected chi connectivity index (χ1v) is 12.9. The molecule has 0 bridgehead atoms. The molecule has 1 N–H and O–H groups in total. The van der Waals surface area contributed by atoms with Gasteiger partial charge < -0.3 is 15.0 Å². The number of aryl methyl sites for hydroxylation is 2. The number of carbonyl (C=O) groups is 3. The SMILES string of the molecule is C=CC(=O)N[C@H]1CCN(c2cc(C)c(C(C)=O)cn2)C1.CC(=O)c1ccc(C)cc1.CCCOCCC. The first-order valence-electron chi connectivity index (χ1n) is 12.9. The summed E-state index contributed by atoms with van der Waals surface area (Å²) in [7, 11) is 0. The van der Waals surface area contributed by atoms with Gasteiger partial charge in [-0.1, -0.05) is 50.3 Å². The summed E-state index contributed by atoms with van der Waals surface area (Å²) in [5.74, 6) is 0.856. The molecule has 0 unspecified atom stereocenters. The quantitative estimate of drug-likeness (QED) is 0.273. The van der Waals surface area contributed by atoms with E-state index in [0.717, 1.165) is 62.5 Å². The maximum absolute atomic E-state index is 11.4. The van der Waals surface area contributed by atoms with Crippen molar-refractivity contribution in [1.82, 2.24) is 10.3 Å². The molecule has 1 aliphatic rings. The van der Waals surface area contributed by atoms with E-state index in [9.17, 15) is 14.4 Å². The molecular weight excluding hydrogens is 466 g/mol. The van der Waals surface area contributed by atoms with Crippen molar-refractivity contribution < 1.29 is 19.1 Å². The minimum atomic E-state index is -0.145. The van der Waals surface area contributed by atoms with Gasteiger partial charge in [-0.05, 0) is 64.7 Å². The van der Waals surface area contributed by atoms with E-state index in [1.54, 1.807) is 20.0 Å². The minimum absolute atomic E-state index is 0.0269. The highest BCUT2D eigenvalue weighted by Crippen LogP contribution is 2.21. The highest BCUT2D eigenvalue weighted by Gasteiger charge is 2.24. The molecule has 2 aromatic rings. The number of benzene rings is 1. The number of aromatic nitrogens is 1.